The Balaban J connectivity index is 2.23. The Morgan fingerprint density at radius 2 is 2.24 bits per heavy atom. The lowest BCUT2D eigenvalue weighted by Gasteiger charge is -2.04. The van der Waals surface area contributed by atoms with E-state index in [1.54, 1.807) is 7.11 Å². The summed E-state index contributed by atoms with van der Waals surface area (Å²) in [6, 6.07) is 0. The molecule has 0 atom stereocenters. The molecule has 0 unspecified atom stereocenters. The largest absolute Gasteiger partial charge is 0.382 e. The predicted molar refractivity (Wildman–Crippen MR) is 69.6 cm³/mol. The number of hydrogen-bond acceptors (Lipinski definition) is 5. The summed E-state index contributed by atoms with van der Waals surface area (Å²) in [6.45, 7) is 3.89. The summed E-state index contributed by atoms with van der Waals surface area (Å²) in [5.74, 6) is -0.184. The monoisotopic (exact) mass is 322 g/mol. The van der Waals surface area contributed by atoms with E-state index in [-0.39, 0.29) is 5.91 Å². The Bertz CT molecular complexity index is 370. The second kappa shape index (κ2) is 7.75. The van der Waals surface area contributed by atoms with Crippen molar-refractivity contribution in [1.82, 2.24) is 10.3 Å². The number of rotatable bonds is 7. The first kappa shape index (κ1) is 14.6. The van der Waals surface area contributed by atoms with Crippen LogP contribution in [-0.2, 0) is 9.47 Å². The van der Waals surface area contributed by atoms with Gasteiger partial charge in [0.1, 0.15) is 3.79 Å². The molecule has 5 nitrogen and oxygen atoms in total. The van der Waals surface area contributed by atoms with Crippen LogP contribution in [-0.4, -0.2) is 44.4 Å². The molecule has 0 aromatic carbocycles. The van der Waals surface area contributed by atoms with E-state index in [0.29, 0.717) is 32.1 Å². The Kier molecular flexibility index (Phi) is 6.64. The van der Waals surface area contributed by atoms with E-state index >= 15 is 0 Å². The van der Waals surface area contributed by atoms with Crippen molar-refractivity contribution >= 4 is 33.2 Å². The lowest BCUT2D eigenvalue weighted by molar-refractivity contribution is 0.0692. The number of aromatic nitrogens is 1. The third-order valence-corrected chi connectivity index (χ3v) is 3.49. The topological polar surface area (TPSA) is 60.5 Å². The van der Waals surface area contributed by atoms with Crippen molar-refractivity contribution in [3.8, 4) is 0 Å². The average molecular weight is 323 g/mol. The molecule has 0 saturated carbocycles. The van der Waals surface area contributed by atoms with E-state index < -0.39 is 0 Å². The minimum absolute atomic E-state index is 0.184. The molecule has 0 aliphatic rings. The lowest BCUT2D eigenvalue weighted by atomic mass is 10.4. The number of thiazole rings is 1. The number of carbonyl (C=O) groups excluding carboxylic acids is 1. The van der Waals surface area contributed by atoms with Gasteiger partial charge in [-0.2, -0.15) is 0 Å². The molecule has 1 N–H and O–H groups in total. The van der Waals surface area contributed by atoms with Gasteiger partial charge in [-0.3, -0.25) is 4.79 Å². The van der Waals surface area contributed by atoms with Gasteiger partial charge in [-0.1, -0.05) is 0 Å². The van der Waals surface area contributed by atoms with Gasteiger partial charge in [0.25, 0.3) is 5.91 Å². The number of nitrogens with one attached hydrogen (secondary N) is 1. The molecule has 1 aromatic rings. The number of ether oxygens (including phenoxy) is 2. The fourth-order valence-corrected chi connectivity index (χ4v) is 2.71. The molecule has 17 heavy (non-hydrogen) atoms. The molecule has 0 radical (unpaired) electrons. The summed E-state index contributed by atoms with van der Waals surface area (Å²) in [5, 5.41) is 3.60. The number of aryl methyl sites for hydroxylation is 1. The predicted octanol–water partition coefficient (Wildman–Crippen LogP) is 1.61. The first-order chi connectivity index (χ1) is 8.15. The molecule has 0 spiro atoms. The number of amides is 1. The van der Waals surface area contributed by atoms with Crippen molar-refractivity contribution in [3.63, 3.8) is 0 Å². The average Bonchev–Trinajstić information content (AvgIpc) is 2.62. The Morgan fingerprint density at radius 3 is 2.82 bits per heavy atom. The van der Waals surface area contributed by atoms with Crippen LogP contribution >= 0.6 is 27.3 Å². The second-order valence-corrected chi connectivity index (χ2v) is 5.74. The van der Waals surface area contributed by atoms with Gasteiger partial charge in [-0.15, -0.1) is 11.3 Å². The maximum Gasteiger partial charge on any atom is 0.272 e. The fraction of sp³-hybridized carbons (Fsp3) is 0.600. The van der Waals surface area contributed by atoms with E-state index in [4.69, 9.17) is 9.47 Å². The third kappa shape index (κ3) is 5.12. The van der Waals surface area contributed by atoms with E-state index in [0.717, 1.165) is 8.79 Å². The number of halogens is 1. The summed E-state index contributed by atoms with van der Waals surface area (Å²) in [6.07, 6.45) is 0. The van der Waals surface area contributed by atoms with Crippen molar-refractivity contribution in [2.24, 2.45) is 0 Å². The first-order valence-corrected chi connectivity index (χ1v) is 6.74. The van der Waals surface area contributed by atoms with Crippen molar-refractivity contribution in [2.45, 2.75) is 6.92 Å². The molecule has 0 aliphatic heterocycles. The standard InChI is InChI=1S/C10H15BrN2O3S/c1-7-13-8(9(11)17-7)10(14)12-3-4-16-6-5-15-2/h3-6H2,1-2H3,(H,12,14). The maximum atomic E-state index is 11.7. The van der Waals surface area contributed by atoms with Gasteiger partial charge >= 0.3 is 0 Å². The summed E-state index contributed by atoms with van der Waals surface area (Å²) < 4.78 is 10.8. The fourth-order valence-electron chi connectivity index (χ4n) is 1.11. The van der Waals surface area contributed by atoms with Gasteiger partial charge in [0, 0.05) is 13.7 Å². The van der Waals surface area contributed by atoms with E-state index in [1.165, 1.54) is 11.3 Å². The Hall–Kier alpha value is -0.500. The molecule has 0 saturated heterocycles. The van der Waals surface area contributed by atoms with Gasteiger partial charge in [-0.05, 0) is 22.9 Å². The highest BCUT2D eigenvalue weighted by Crippen LogP contribution is 2.23. The van der Waals surface area contributed by atoms with Gasteiger partial charge in [0.2, 0.25) is 0 Å². The highest BCUT2D eigenvalue weighted by molar-refractivity contribution is 9.11. The number of hydrogen-bond donors (Lipinski definition) is 1. The van der Waals surface area contributed by atoms with E-state index in [9.17, 15) is 4.79 Å². The molecular formula is C10H15BrN2O3S. The van der Waals surface area contributed by atoms with Crippen molar-refractivity contribution in [1.29, 1.82) is 0 Å². The smallest absolute Gasteiger partial charge is 0.272 e. The van der Waals surface area contributed by atoms with Gasteiger partial charge in [0.15, 0.2) is 5.69 Å². The van der Waals surface area contributed by atoms with Crippen LogP contribution in [0.15, 0.2) is 3.79 Å². The minimum atomic E-state index is -0.184. The molecule has 1 aromatic heterocycles. The van der Waals surface area contributed by atoms with Crippen LogP contribution in [0.4, 0.5) is 0 Å². The number of nitrogens with zero attached hydrogens (tertiary/aromatic N) is 1. The molecule has 0 bridgehead atoms. The zero-order valence-corrected chi connectivity index (χ0v) is 12.2. The highest BCUT2D eigenvalue weighted by atomic mass is 79.9. The van der Waals surface area contributed by atoms with Crippen LogP contribution < -0.4 is 5.32 Å². The SMILES string of the molecule is COCCOCCNC(=O)c1nc(C)sc1Br. The normalized spacial score (nSPS) is 10.5. The molecule has 1 rings (SSSR count). The van der Waals surface area contributed by atoms with Gasteiger partial charge in [-0.25, -0.2) is 4.98 Å². The Morgan fingerprint density at radius 1 is 1.47 bits per heavy atom. The van der Waals surface area contributed by atoms with Crippen LogP contribution in [0.1, 0.15) is 15.5 Å². The van der Waals surface area contributed by atoms with Gasteiger partial charge in [0.05, 0.1) is 24.8 Å². The zero-order valence-electron chi connectivity index (χ0n) is 9.79. The molecule has 96 valence electrons. The van der Waals surface area contributed by atoms with Crippen molar-refractivity contribution < 1.29 is 14.3 Å². The van der Waals surface area contributed by atoms with Crippen LogP contribution in [0.25, 0.3) is 0 Å². The molecule has 1 heterocycles. The maximum absolute atomic E-state index is 11.7. The third-order valence-electron chi connectivity index (χ3n) is 1.87. The molecule has 0 fully saturated rings. The second-order valence-electron chi connectivity index (χ2n) is 3.22. The van der Waals surface area contributed by atoms with Crippen LogP contribution in [0.3, 0.4) is 0 Å². The zero-order chi connectivity index (χ0) is 12.7. The Labute approximate surface area is 113 Å². The van der Waals surface area contributed by atoms with Crippen molar-refractivity contribution in [2.75, 3.05) is 33.5 Å². The lowest BCUT2D eigenvalue weighted by Crippen LogP contribution is -2.28. The minimum Gasteiger partial charge on any atom is -0.382 e. The van der Waals surface area contributed by atoms with Crippen molar-refractivity contribution in [3.05, 3.63) is 14.5 Å². The summed E-state index contributed by atoms with van der Waals surface area (Å²) >= 11 is 4.75. The van der Waals surface area contributed by atoms with E-state index in [2.05, 4.69) is 26.2 Å². The summed E-state index contributed by atoms with van der Waals surface area (Å²) in [7, 11) is 1.62. The first-order valence-electron chi connectivity index (χ1n) is 5.13. The quantitative estimate of drug-likeness (QED) is 0.775. The van der Waals surface area contributed by atoms with Gasteiger partial charge < -0.3 is 14.8 Å². The van der Waals surface area contributed by atoms with Crippen LogP contribution in [0.5, 0.6) is 0 Å². The number of carbonyl (C=O) groups is 1. The van der Waals surface area contributed by atoms with Crippen LogP contribution in [0.2, 0.25) is 0 Å². The van der Waals surface area contributed by atoms with E-state index in [1.807, 2.05) is 6.92 Å². The molecule has 0 aliphatic carbocycles. The highest BCUT2D eigenvalue weighted by Gasteiger charge is 2.14. The number of methoxy groups -OCH3 is 1. The molecule has 7 heteroatoms. The van der Waals surface area contributed by atoms with Crippen LogP contribution in [0, 0.1) is 6.92 Å². The summed E-state index contributed by atoms with van der Waals surface area (Å²) in [4.78, 5) is 15.8. The molecule has 1 amide bonds. The summed E-state index contributed by atoms with van der Waals surface area (Å²) in [5.41, 5.74) is 0.435. The molecular weight excluding hydrogens is 308 g/mol.